The Morgan fingerprint density at radius 1 is 1.33 bits per heavy atom. The first-order valence-electron chi connectivity index (χ1n) is 6.00. The lowest BCUT2D eigenvalue weighted by molar-refractivity contribution is 0.412. The van der Waals surface area contributed by atoms with Crippen molar-refractivity contribution in [2.24, 2.45) is 0 Å². The zero-order valence-electron chi connectivity index (χ0n) is 11.5. The smallest absolute Gasteiger partial charge is 0.264 e. The van der Waals surface area contributed by atoms with Gasteiger partial charge in [-0.15, -0.1) is 0 Å². The SMILES string of the molecule is COc1ccc(NS(=O)(=O)c2cccnc2C#N)cc1C. The Labute approximate surface area is 123 Å². The van der Waals surface area contributed by atoms with Crippen LogP contribution in [0.2, 0.25) is 0 Å². The maximum absolute atomic E-state index is 12.3. The molecule has 21 heavy (non-hydrogen) atoms. The van der Waals surface area contributed by atoms with Crippen LogP contribution in [0.1, 0.15) is 11.3 Å². The molecule has 0 radical (unpaired) electrons. The van der Waals surface area contributed by atoms with Crippen molar-refractivity contribution in [1.29, 1.82) is 5.26 Å². The van der Waals surface area contributed by atoms with Crippen molar-refractivity contribution in [3.63, 3.8) is 0 Å². The minimum Gasteiger partial charge on any atom is -0.496 e. The summed E-state index contributed by atoms with van der Waals surface area (Å²) in [6, 6.07) is 9.48. The van der Waals surface area contributed by atoms with Gasteiger partial charge in [0.15, 0.2) is 5.69 Å². The zero-order chi connectivity index (χ0) is 15.5. The van der Waals surface area contributed by atoms with E-state index in [1.807, 2.05) is 0 Å². The van der Waals surface area contributed by atoms with E-state index >= 15 is 0 Å². The predicted octanol–water partition coefficient (Wildman–Crippen LogP) is 2.07. The topological polar surface area (TPSA) is 92.1 Å². The zero-order valence-corrected chi connectivity index (χ0v) is 12.3. The van der Waals surface area contributed by atoms with Gasteiger partial charge >= 0.3 is 0 Å². The lowest BCUT2D eigenvalue weighted by Gasteiger charge is -2.11. The van der Waals surface area contributed by atoms with E-state index in [0.29, 0.717) is 11.4 Å². The molecule has 0 aliphatic heterocycles. The lowest BCUT2D eigenvalue weighted by Crippen LogP contribution is -2.15. The molecular weight excluding hydrogens is 290 g/mol. The summed E-state index contributed by atoms with van der Waals surface area (Å²) in [5.41, 5.74) is 1.04. The number of ether oxygens (including phenoxy) is 1. The molecule has 0 atom stereocenters. The molecule has 0 aliphatic carbocycles. The van der Waals surface area contributed by atoms with Gasteiger partial charge in [-0.3, -0.25) is 4.72 Å². The summed E-state index contributed by atoms with van der Waals surface area (Å²) in [6.45, 7) is 1.81. The van der Waals surface area contributed by atoms with E-state index in [-0.39, 0.29) is 10.6 Å². The second kappa shape index (κ2) is 5.81. The van der Waals surface area contributed by atoms with Gasteiger partial charge in [0, 0.05) is 11.9 Å². The number of nitrogens with zero attached hydrogens (tertiary/aromatic N) is 2. The highest BCUT2D eigenvalue weighted by Crippen LogP contribution is 2.24. The molecule has 0 saturated heterocycles. The Morgan fingerprint density at radius 3 is 2.71 bits per heavy atom. The Hall–Kier alpha value is -2.59. The standard InChI is InChI=1S/C14H13N3O3S/c1-10-8-11(5-6-13(10)20-2)17-21(18,19)14-4-3-7-16-12(14)9-15/h3-8,17H,1-2H3. The molecular formula is C14H13N3O3S. The van der Waals surface area contributed by atoms with Crippen LogP contribution in [0.25, 0.3) is 0 Å². The number of anilines is 1. The van der Waals surface area contributed by atoms with Crippen molar-refractivity contribution in [2.75, 3.05) is 11.8 Å². The molecule has 6 nitrogen and oxygen atoms in total. The molecule has 108 valence electrons. The van der Waals surface area contributed by atoms with Gasteiger partial charge in [-0.1, -0.05) is 0 Å². The molecule has 0 saturated carbocycles. The molecule has 0 bridgehead atoms. The molecule has 0 spiro atoms. The van der Waals surface area contributed by atoms with Crippen LogP contribution in [0.3, 0.4) is 0 Å². The molecule has 0 amide bonds. The number of nitrogens with one attached hydrogen (secondary N) is 1. The summed E-state index contributed by atoms with van der Waals surface area (Å²) in [6.07, 6.45) is 1.37. The fraction of sp³-hybridized carbons (Fsp3) is 0.143. The number of hydrogen-bond acceptors (Lipinski definition) is 5. The second-order valence-electron chi connectivity index (χ2n) is 4.25. The number of rotatable bonds is 4. The van der Waals surface area contributed by atoms with E-state index in [0.717, 1.165) is 5.56 Å². The summed E-state index contributed by atoms with van der Waals surface area (Å²) in [5, 5.41) is 8.94. The average Bonchev–Trinajstić information content (AvgIpc) is 2.47. The third kappa shape index (κ3) is 3.12. The van der Waals surface area contributed by atoms with E-state index in [2.05, 4.69) is 9.71 Å². The monoisotopic (exact) mass is 303 g/mol. The Morgan fingerprint density at radius 2 is 2.10 bits per heavy atom. The largest absolute Gasteiger partial charge is 0.496 e. The van der Waals surface area contributed by atoms with Crippen molar-refractivity contribution in [3.8, 4) is 11.8 Å². The van der Waals surface area contributed by atoms with Crippen LogP contribution >= 0.6 is 0 Å². The van der Waals surface area contributed by atoms with Gasteiger partial charge in [-0.2, -0.15) is 5.26 Å². The third-order valence-electron chi connectivity index (χ3n) is 2.81. The fourth-order valence-corrected chi connectivity index (χ4v) is 3.00. The Kier molecular flexibility index (Phi) is 4.10. The number of nitriles is 1. The van der Waals surface area contributed by atoms with Gasteiger partial charge in [0.2, 0.25) is 0 Å². The Bertz CT molecular complexity index is 810. The van der Waals surface area contributed by atoms with Crippen molar-refractivity contribution in [2.45, 2.75) is 11.8 Å². The molecule has 2 aromatic rings. The molecule has 1 heterocycles. The molecule has 1 N–H and O–H groups in total. The first kappa shape index (κ1) is 14.8. The summed E-state index contributed by atoms with van der Waals surface area (Å²) in [5.74, 6) is 0.664. The van der Waals surface area contributed by atoms with E-state index < -0.39 is 10.0 Å². The number of hydrogen-bond donors (Lipinski definition) is 1. The van der Waals surface area contributed by atoms with Crippen molar-refractivity contribution in [3.05, 3.63) is 47.8 Å². The van der Waals surface area contributed by atoms with Gasteiger partial charge < -0.3 is 4.74 Å². The van der Waals surface area contributed by atoms with E-state index in [9.17, 15) is 8.42 Å². The lowest BCUT2D eigenvalue weighted by atomic mass is 10.2. The number of pyridine rings is 1. The summed E-state index contributed by atoms with van der Waals surface area (Å²) in [4.78, 5) is 3.60. The maximum atomic E-state index is 12.3. The summed E-state index contributed by atoms with van der Waals surface area (Å²) >= 11 is 0. The number of methoxy groups -OCH3 is 1. The predicted molar refractivity (Wildman–Crippen MR) is 77.5 cm³/mol. The van der Waals surface area contributed by atoms with Crippen LogP contribution in [-0.2, 0) is 10.0 Å². The van der Waals surface area contributed by atoms with Gasteiger partial charge in [0.25, 0.3) is 10.0 Å². The summed E-state index contributed by atoms with van der Waals surface area (Å²) in [7, 11) is -2.33. The average molecular weight is 303 g/mol. The number of benzene rings is 1. The maximum Gasteiger partial charge on any atom is 0.264 e. The minimum atomic E-state index is -3.87. The van der Waals surface area contributed by atoms with Crippen molar-refractivity contribution < 1.29 is 13.2 Å². The molecule has 0 fully saturated rings. The minimum absolute atomic E-state index is 0.143. The highest BCUT2D eigenvalue weighted by molar-refractivity contribution is 7.92. The van der Waals surface area contributed by atoms with Crippen molar-refractivity contribution in [1.82, 2.24) is 4.98 Å². The normalized spacial score (nSPS) is 10.7. The molecule has 2 rings (SSSR count). The van der Waals surface area contributed by atoms with E-state index in [1.54, 1.807) is 38.3 Å². The second-order valence-corrected chi connectivity index (χ2v) is 5.90. The first-order chi connectivity index (χ1) is 9.97. The van der Waals surface area contributed by atoms with Crippen LogP contribution in [0.5, 0.6) is 5.75 Å². The fourth-order valence-electron chi connectivity index (χ4n) is 1.84. The quantitative estimate of drug-likeness (QED) is 0.933. The van der Waals surface area contributed by atoms with Gasteiger partial charge in [-0.25, -0.2) is 13.4 Å². The van der Waals surface area contributed by atoms with Crippen LogP contribution in [0.4, 0.5) is 5.69 Å². The van der Waals surface area contributed by atoms with E-state index in [4.69, 9.17) is 10.00 Å². The van der Waals surface area contributed by atoms with Gasteiger partial charge in [-0.05, 0) is 42.8 Å². The van der Waals surface area contributed by atoms with Crippen LogP contribution in [-0.4, -0.2) is 20.5 Å². The molecule has 1 aromatic carbocycles. The molecule has 7 heteroatoms. The van der Waals surface area contributed by atoms with Crippen molar-refractivity contribution >= 4 is 15.7 Å². The third-order valence-corrected chi connectivity index (χ3v) is 4.23. The summed E-state index contributed by atoms with van der Waals surface area (Å²) < 4.78 is 32.2. The first-order valence-corrected chi connectivity index (χ1v) is 7.49. The highest BCUT2D eigenvalue weighted by atomic mass is 32.2. The van der Waals surface area contributed by atoms with E-state index in [1.165, 1.54) is 18.3 Å². The van der Waals surface area contributed by atoms with Gasteiger partial charge in [0.05, 0.1) is 7.11 Å². The molecule has 0 unspecified atom stereocenters. The Balaban J connectivity index is 2.38. The molecule has 0 aliphatic rings. The van der Waals surface area contributed by atoms with Crippen LogP contribution in [0, 0.1) is 18.3 Å². The highest BCUT2D eigenvalue weighted by Gasteiger charge is 2.19. The van der Waals surface area contributed by atoms with Crippen LogP contribution < -0.4 is 9.46 Å². The van der Waals surface area contributed by atoms with Gasteiger partial charge in [0.1, 0.15) is 16.7 Å². The number of aromatic nitrogens is 1. The van der Waals surface area contributed by atoms with Crippen LogP contribution in [0.15, 0.2) is 41.4 Å². The number of sulfonamides is 1. The molecule has 1 aromatic heterocycles. The number of aryl methyl sites for hydroxylation is 1.